The fraction of sp³-hybridized carbons (Fsp3) is 0.357. The third kappa shape index (κ3) is 4.27. The molecule has 2 aromatic carbocycles. The standard InChI is InChI=1S/C28H31N3O4/c1-5-11-20(26(33)34)28(16-21(28)17(2)3)27(35)30-24-25(32)31(4)22-15-10-9-14-19(22)23(29-24)18-12-7-6-8-13-18/h5-10,12-15,17,20-21,24H,1,11,16H2,2-4H3,(H,30,35)(H,33,34)/t20-,21?,24?,28?/m1/s1. The van der Waals surface area contributed by atoms with Gasteiger partial charge in [0.25, 0.3) is 5.91 Å². The number of amides is 2. The first kappa shape index (κ1) is 24.4. The van der Waals surface area contributed by atoms with Crippen LogP contribution in [0.25, 0.3) is 0 Å². The van der Waals surface area contributed by atoms with E-state index >= 15 is 0 Å². The van der Waals surface area contributed by atoms with Crippen molar-refractivity contribution in [2.45, 2.75) is 32.9 Å². The predicted octanol–water partition coefficient (Wildman–Crippen LogP) is 3.88. The summed E-state index contributed by atoms with van der Waals surface area (Å²) < 4.78 is 0. The molecule has 7 heteroatoms. The van der Waals surface area contributed by atoms with Gasteiger partial charge in [0.15, 0.2) is 0 Å². The molecular formula is C28H31N3O4. The van der Waals surface area contributed by atoms with E-state index in [1.165, 1.54) is 11.0 Å². The van der Waals surface area contributed by atoms with Gasteiger partial charge in [-0.3, -0.25) is 14.4 Å². The Morgan fingerprint density at radius 2 is 1.86 bits per heavy atom. The lowest BCUT2D eigenvalue weighted by molar-refractivity contribution is -0.149. The number of nitrogens with one attached hydrogen (secondary N) is 1. The van der Waals surface area contributed by atoms with Crippen molar-refractivity contribution in [3.8, 4) is 0 Å². The molecule has 3 unspecified atom stereocenters. The molecule has 0 radical (unpaired) electrons. The first-order valence-electron chi connectivity index (χ1n) is 11.9. The molecule has 0 spiro atoms. The van der Waals surface area contributed by atoms with Crippen LogP contribution < -0.4 is 10.2 Å². The number of carbonyl (C=O) groups is 3. The third-order valence-corrected chi connectivity index (χ3v) is 7.27. The Kier molecular flexibility index (Phi) is 6.61. The molecule has 4 atom stereocenters. The zero-order valence-electron chi connectivity index (χ0n) is 20.3. The van der Waals surface area contributed by atoms with Crippen molar-refractivity contribution < 1.29 is 19.5 Å². The van der Waals surface area contributed by atoms with Gasteiger partial charge in [-0.2, -0.15) is 0 Å². The van der Waals surface area contributed by atoms with Crippen LogP contribution in [0.15, 0.2) is 72.2 Å². The van der Waals surface area contributed by atoms with Gasteiger partial charge < -0.3 is 15.3 Å². The molecule has 182 valence electrons. The molecule has 2 amide bonds. The number of likely N-dealkylation sites (N-methyl/N-ethyl adjacent to an activating group) is 1. The van der Waals surface area contributed by atoms with E-state index in [2.05, 4.69) is 11.9 Å². The maximum absolute atomic E-state index is 13.8. The number of fused-ring (bicyclic) bond motifs is 1. The molecule has 2 N–H and O–H groups in total. The molecule has 2 aromatic rings. The Balaban J connectivity index is 1.76. The zero-order valence-corrected chi connectivity index (χ0v) is 20.3. The van der Waals surface area contributed by atoms with Gasteiger partial charge in [-0.25, -0.2) is 4.99 Å². The highest BCUT2D eigenvalue weighted by molar-refractivity contribution is 6.20. The van der Waals surface area contributed by atoms with Crippen molar-refractivity contribution in [2.24, 2.45) is 28.2 Å². The van der Waals surface area contributed by atoms with Crippen LogP contribution in [-0.4, -0.2) is 41.8 Å². The summed E-state index contributed by atoms with van der Waals surface area (Å²) in [6.07, 6.45) is 0.983. The molecule has 0 aromatic heterocycles. The summed E-state index contributed by atoms with van der Waals surface area (Å²) in [5.41, 5.74) is 1.78. The highest BCUT2D eigenvalue weighted by Gasteiger charge is 2.66. The second kappa shape index (κ2) is 9.49. The number of benzodiazepines with no additional fused rings is 1. The van der Waals surface area contributed by atoms with Crippen molar-refractivity contribution in [3.05, 3.63) is 78.4 Å². The number of rotatable bonds is 8. The average molecular weight is 474 g/mol. The summed E-state index contributed by atoms with van der Waals surface area (Å²) in [4.78, 5) is 45.7. The first-order valence-corrected chi connectivity index (χ1v) is 11.9. The van der Waals surface area contributed by atoms with Crippen LogP contribution in [0.3, 0.4) is 0 Å². The van der Waals surface area contributed by atoms with Gasteiger partial charge in [-0.1, -0.05) is 68.5 Å². The number of allylic oxidation sites excluding steroid dienone is 1. The van der Waals surface area contributed by atoms with Crippen LogP contribution >= 0.6 is 0 Å². The maximum Gasteiger partial charge on any atom is 0.307 e. The van der Waals surface area contributed by atoms with Crippen molar-refractivity contribution in [1.82, 2.24) is 5.32 Å². The second-order valence-electron chi connectivity index (χ2n) is 9.64. The van der Waals surface area contributed by atoms with Crippen LogP contribution in [-0.2, 0) is 14.4 Å². The largest absolute Gasteiger partial charge is 0.481 e. The molecule has 0 bridgehead atoms. The van der Waals surface area contributed by atoms with Gasteiger partial charge in [0.2, 0.25) is 12.1 Å². The number of anilines is 1. The van der Waals surface area contributed by atoms with Crippen molar-refractivity contribution in [2.75, 3.05) is 11.9 Å². The van der Waals surface area contributed by atoms with Crippen LogP contribution in [0.4, 0.5) is 5.69 Å². The smallest absolute Gasteiger partial charge is 0.307 e. The van der Waals surface area contributed by atoms with E-state index in [-0.39, 0.29) is 24.2 Å². The summed E-state index contributed by atoms with van der Waals surface area (Å²) in [6.45, 7) is 7.66. The normalized spacial score (nSPS) is 24.2. The van der Waals surface area contributed by atoms with E-state index in [1.807, 2.05) is 68.4 Å². The van der Waals surface area contributed by atoms with Gasteiger partial charge in [0.05, 0.1) is 22.7 Å². The molecule has 1 aliphatic carbocycles. The molecule has 2 aliphatic rings. The van der Waals surface area contributed by atoms with Crippen molar-refractivity contribution in [3.63, 3.8) is 0 Å². The minimum Gasteiger partial charge on any atom is -0.481 e. The molecule has 0 saturated heterocycles. The Hall–Kier alpha value is -3.74. The summed E-state index contributed by atoms with van der Waals surface area (Å²) in [5.74, 6) is -2.76. The average Bonchev–Trinajstić information content (AvgIpc) is 3.62. The van der Waals surface area contributed by atoms with Crippen molar-refractivity contribution >= 4 is 29.2 Å². The monoisotopic (exact) mass is 473 g/mol. The Bertz CT molecular complexity index is 1190. The summed E-state index contributed by atoms with van der Waals surface area (Å²) in [6, 6.07) is 17.0. The molecule has 1 fully saturated rings. The summed E-state index contributed by atoms with van der Waals surface area (Å²) in [5, 5.41) is 12.8. The first-order chi connectivity index (χ1) is 16.7. The number of benzene rings is 2. The van der Waals surface area contributed by atoms with Crippen LogP contribution in [0, 0.1) is 23.2 Å². The number of carboxylic acid groups (broad SMARTS) is 1. The third-order valence-electron chi connectivity index (χ3n) is 7.27. The number of carbonyl (C=O) groups excluding carboxylic acids is 2. The lowest BCUT2D eigenvalue weighted by Crippen LogP contribution is -2.51. The second-order valence-corrected chi connectivity index (χ2v) is 9.64. The fourth-order valence-electron chi connectivity index (χ4n) is 5.35. The minimum absolute atomic E-state index is 0.100. The zero-order chi connectivity index (χ0) is 25.3. The minimum atomic E-state index is -1.18. The molecule has 35 heavy (non-hydrogen) atoms. The molecular weight excluding hydrogens is 442 g/mol. The number of carboxylic acids is 1. The van der Waals surface area contributed by atoms with Gasteiger partial charge in [0, 0.05) is 18.2 Å². The molecule has 1 heterocycles. The fourth-order valence-corrected chi connectivity index (χ4v) is 5.35. The Labute approximate surface area is 205 Å². The van der Waals surface area contributed by atoms with Crippen LogP contribution in [0.5, 0.6) is 0 Å². The van der Waals surface area contributed by atoms with Gasteiger partial charge >= 0.3 is 5.97 Å². The molecule has 1 aliphatic heterocycles. The number of para-hydroxylation sites is 1. The summed E-state index contributed by atoms with van der Waals surface area (Å²) >= 11 is 0. The lowest BCUT2D eigenvalue weighted by atomic mass is 9.81. The highest BCUT2D eigenvalue weighted by atomic mass is 16.4. The quantitative estimate of drug-likeness (QED) is 0.569. The number of nitrogens with zero attached hydrogens (tertiary/aromatic N) is 2. The number of aliphatic carboxylic acids is 1. The van der Waals surface area contributed by atoms with E-state index < -0.39 is 29.4 Å². The molecule has 4 rings (SSSR count). The van der Waals surface area contributed by atoms with E-state index in [4.69, 9.17) is 4.99 Å². The molecule has 1 saturated carbocycles. The summed E-state index contributed by atoms with van der Waals surface area (Å²) in [7, 11) is 1.66. The van der Waals surface area contributed by atoms with Crippen LogP contribution in [0.1, 0.15) is 37.8 Å². The number of aliphatic imine (C=N–C) groups is 1. The SMILES string of the molecule is C=CC[C@H](C(=O)O)C1(C(=O)NC2N=C(c3ccccc3)c3ccccc3N(C)C2=O)CC1C(C)C. The van der Waals surface area contributed by atoms with Crippen molar-refractivity contribution in [1.29, 1.82) is 0 Å². The number of hydrogen-bond donors (Lipinski definition) is 2. The van der Waals surface area contributed by atoms with Gasteiger partial charge in [-0.05, 0) is 30.7 Å². The Morgan fingerprint density at radius 3 is 2.46 bits per heavy atom. The molecule has 7 nitrogen and oxygen atoms in total. The van der Waals surface area contributed by atoms with E-state index in [9.17, 15) is 19.5 Å². The van der Waals surface area contributed by atoms with E-state index in [0.29, 0.717) is 17.8 Å². The van der Waals surface area contributed by atoms with Crippen LogP contribution in [0.2, 0.25) is 0 Å². The topological polar surface area (TPSA) is 99.1 Å². The lowest BCUT2D eigenvalue weighted by Gasteiger charge is -2.27. The van der Waals surface area contributed by atoms with Gasteiger partial charge in [-0.15, -0.1) is 6.58 Å². The maximum atomic E-state index is 13.8. The van der Waals surface area contributed by atoms with E-state index in [1.54, 1.807) is 7.05 Å². The van der Waals surface area contributed by atoms with Gasteiger partial charge in [0.1, 0.15) is 0 Å². The number of hydrogen-bond acceptors (Lipinski definition) is 4. The highest BCUT2D eigenvalue weighted by Crippen LogP contribution is 2.62. The Morgan fingerprint density at radius 1 is 1.20 bits per heavy atom. The van der Waals surface area contributed by atoms with E-state index in [0.717, 1.165) is 11.1 Å². The predicted molar refractivity (Wildman–Crippen MR) is 135 cm³/mol.